The molecule has 0 saturated carbocycles. The molecule has 0 saturated heterocycles. The largest absolute Gasteiger partial charge is 0.480 e. The third-order valence-corrected chi connectivity index (χ3v) is 3.58. The number of benzene rings is 2. The van der Waals surface area contributed by atoms with E-state index in [4.69, 9.17) is 9.66 Å². The van der Waals surface area contributed by atoms with Gasteiger partial charge in [0.15, 0.2) is 11.1 Å². The van der Waals surface area contributed by atoms with E-state index in [1.165, 1.54) is 24.3 Å². The Balaban J connectivity index is 2.33. The molecular formula is C15H13NO5S. The van der Waals surface area contributed by atoms with Gasteiger partial charge in [0.2, 0.25) is 0 Å². The standard InChI is InChI=1S/C15H13NO5S/c17-14(18)10-16(12-4-2-1-3-5-12)15(19)11-6-8-13(9-7-11)22(20)21/h1-9H,10H2,(H,17,18)(H,20,21). The van der Waals surface area contributed by atoms with Gasteiger partial charge in [-0.15, -0.1) is 0 Å². The van der Waals surface area contributed by atoms with Crippen molar-refractivity contribution in [2.75, 3.05) is 11.4 Å². The highest BCUT2D eigenvalue weighted by atomic mass is 32.2. The summed E-state index contributed by atoms with van der Waals surface area (Å²) in [6.45, 7) is -0.476. The van der Waals surface area contributed by atoms with E-state index in [0.717, 1.165) is 4.90 Å². The zero-order valence-corrected chi connectivity index (χ0v) is 12.2. The Morgan fingerprint density at radius 1 is 1.00 bits per heavy atom. The van der Waals surface area contributed by atoms with Gasteiger partial charge >= 0.3 is 5.97 Å². The Labute approximate surface area is 129 Å². The normalized spacial score (nSPS) is 11.7. The molecule has 0 aliphatic heterocycles. The van der Waals surface area contributed by atoms with Crippen molar-refractivity contribution < 1.29 is 23.5 Å². The van der Waals surface area contributed by atoms with Crippen LogP contribution < -0.4 is 4.90 Å². The number of carbonyl (C=O) groups is 2. The van der Waals surface area contributed by atoms with Crippen molar-refractivity contribution in [3.63, 3.8) is 0 Å². The topological polar surface area (TPSA) is 94.9 Å². The van der Waals surface area contributed by atoms with Gasteiger partial charge in [0.1, 0.15) is 6.54 Å². The fourth-order valence-corrected chi connectivity index (χ4v) is 2.26. The third kappa shape index (κ3) is 3.78. The molecule has 2 N–H and O–H groups in total. The van der Waals surface area contributed by atoms with Crippen LogP contribution in [0.3, 0.4) is 0 Å². The van der Waals surface area contributed by atoms with Crippen LogP contribution in [-0.2, 0) is 15.9 Å². The molecule has 1 amide bonds. The molecule has 0 radical (unpaired) electrons. The summed E-state index contributed by atoms with van der Waals surface area (Å²) in [5, 5.41) is 8.99. The predicted molar refractivity (Wildman–Crippen MR) is 81.2 cm³/mol. The highest BCUT2D eigenvalue weighted by molar-refractivity contribution is 7.79. The Morgan fingerprint density at radius 2 is 1.59 bits per heavy atom. The van der Waals surface area contributed by atoms with Gasteiger partial charge in [-0.25, -0.2) is 4.21 Å². The van der Waals surface area contributed by atoms with E-state index in [1.54, 1.807) is 30.3 Å². The van der Waals surface area contributed by atoms with Crippen molar-refractivity contribution in [2.24, 2.45) is 0 Å². The number of carboxylic acids is 1. The van der Waals surface area contributed by atoms with Crippen LogP contribution in [0.15, 0.2) is 59.5 Å². The lowest BCUT2D eigenvalue weighted by Crippen LogP contribution is -2.35. The summed E-state index contributed by atoms with van der Waals surface area (Å²) in [6.07, 6.45) is 0. The van der Waals surface area contributed by atoms with Crippen molar-refractivity contribution in [1.82, 2.24) is 0 Å². The maximum atomic E-state index is 12.5. The molecule has 0 spiro atoms. The van der Waals surface area contributed by atoms with Gasteiger partial charge in [-0.05, 0) is 36.4 Å². The first-order valence-corrected chi connectivity index (χ1v) is 7.39. The molecule has 22 heavy (non-hydrogen) atoms. The lowest BCUT2D eigenvalue weighted by Gasteiger charge is -2.21. The minimum absolute atomic E-state index is 0.168. The van der Waals surface area contributed by atoms with Gasteiger partial charge < -0.3 is 9.66 Å². The monoisotopic (exact) mass is 319 g/mol. The second kappa shape index (κ2) is 6.97. The van der Waals surface area contributed by atoms with Crippen LogP contribution in [0.5, 0.6) is 0 Å². The maximum Gasteiger partial charge on any atom is 0.323 e. The number of carbonyl (C=O) groups excluding carboxylic acids is 1. The van der Waals surface area contributed by atoms with Crippen LogP contribution in [0.25, 0.3) is 0 Å². The van der Waals surface area contributed by atoms with E-state index in [0.29, 0.717) is 5.69 Å². The molecule has 0 heterocycles. The molecule has 2 aromatic rings. The molecule has 0 fully saturated rings. The van der Waals surface area contributed by atoms with Crippen molar-refractivity contribution in [3.05, 3.63) is 60.2 Å². The zero-order chi connectivity index (χ0) is 16.1. The second-order valence-electron chi connectivity index (χ2n) is 4.39. The third-order valence-electron chi connectivity index (χ3n) is 2.91. The molecule has 2 aromatic carbocycles. The quantitative estimate of drug-likeness (QED) is 0.822. The average molecular weight is 319 g/mol. The Bertz CT molecular complexity index is 700. The lowest BCUT2D eigenvalue weighted by atomic mass is 10.2. The highest BCUT2D eigenvalue weighted by Crippen LogP contribution is 2.17. The molecule has 0 aliphatic carbocycles. The summed E-state index contributed by atoms with van der Waals surface area (Å²) in [4.78, 5) is 24.8. The Kier molecular flexibility index (Phi) is 5.03. The lowest BCUT2D eigenvalue weighted by molar-refractivity contribution is -0.135. The predicted octanol–water partition coefficient (Wildman–Crippen LogP) is 2.00. The van der Waals surface area contributed by atoms with Crippen molar-refractivity contribution in [2.45, 2.75) is 4.90 Å². The molecular weight excluding hydrogens is 306 g/mol. The fourth-order valence-electron chi connectivity index (χ4n) is 1.89. The SMILES string of the molecule is O=C(O)CN(C(=O)c1ccc(S(=O)O)cc1)c1ccccc1. The minimum Gasteiger partial charge on any atom is -0.480 e. The van der Waals surface area contributed by atoms with Crippen LogP contribution >= 0.6 is 0 Å². The molecule has 6 nitrogen and oxygen atoms in total. The summed E-state index contributed by atoms with van der Waals surface area (Å²) < 4.78 is 19.9. The van der Waals surface area contributed by atoms with E-state index >= 15 is 0 Å². The molecule has 2 rings (SSSR count). The van der Waals surface area contributed by atoms with Gasteiger partial charge in [-0.1, -0.05) is 18.2 Å². The smallest absolute Gasteiger partial charge is 0.323 e. The molecule has 0 bridgehead atoms. The summed E-state index contributed by atoms with van der Waals surface area (Å²) in [7, 11) is 0. The summed E-state index contributed by atoms with van der Waals surface area (Å²) >= 11 is -2.13. The molecule has 1 unspecified atom stereocenters. The number of hydrogen-bond donors (Lipinski definition) is 2. The molecule has 1 atom stereocenters. The van der Waals surface area contributed by atoms with E-state index < -0.39 is 29.5 Å². The van der Waals surface area contributed by atoms with E-state index in [-0.39, 0.29) is 10.5 Å². The molecule has 0 aromatic heterocycles. The number of anilines is 1. The van der Waals surface area contributed by atoms with Crippen LogP contribution in [0, 0.1) is 0 Å². The summed E-state index contributed by atoms with van der Waals surface area (Å²) in [6, 6.07) is 13.9. The minimum atomic E-state index is -2.13. The first-order valence-electron chi connectivity index (χ1n) is 6.28. The van der Waals surface area contributed by atoms with Gasteiger partial charge in [0, 0.05) is 11.3 Å². The van der Waals surface area contributed by atoms with Crippen molar-refractivity contribution in [3.8, 4) is 0 Å². The fraction of sp³-hybridized carbons (Fsp3) is 0.0667. The number of nitrogens with zero attached hydrogens (tertiary/aromatic N) is 1. The van der Waals surface area contributed by atoms with Crippen LogP contribution in [-0.4, -0.2) is 32.3 Å². The van der Waals surface area contributed by atoms with Gasteiger partial charge in [-0.2, -0.15) is 0 Å². The number of hydrogen-bond acceptors (Lipinski definition) is 3. The number of aliphatic carboxylic acids is 1. The number of carboxylic acid groups (broad SMARTS) is 1. The molecule has 114 valence electrons. The maximum absolute atomic E-state index is 12.5. The highest BCUT2D eigenvalue weighted by Gasteiger charge is 2.20. The van der Waals surface area contributed by atoms with E-state index in [2.05, 4.69) is 0 Å². The summed E-state index contributed by atoms with van der Waals surface area (Å²) in [5.74, 6) is -1.63. The van der Waals surface area contributed by atoms with E-state index in [9.17, 15) is 13.8 Å². The van der Waals surface area contributed by atoms with Gasteiger partial charge in [-0.3, -0.25) is 14.5 Å². The number of rotatable bonds is 5. The summed E-state index contributed by atoms with van der Waals surface area (Å²) in [5.41, 5.74) is 0.698. The Morgan fingerprint density at radius 3 is 2.09 bits per heavy atom. The van der Waals surface area contributed by atoms with Crippen LogP contribution in [0.4, 0.5) is 5.69 Å². The molecule has 7 heteroatoms. The Hall–Kier alpha value is -2.51. The number of amides is 1. The van der Waals surface area contributed by atoms with E-state index in [1.807, 2.05) is 0 Å². The van der Waals surface area contributed by atoms with Crippen molar-refractivity contribution >= 4 is 28.6 Å². The first kappa shape index (κ1) is 15.9. The zero-order valence-electron chi connectivity index (χ0n) is 11.4. The molecule has 0 aliphatic rings. The second-order valence-corrected chi connectivity index (χ2v) is 5.36. The van der Waals surface area contributed by atoms with Crippen LogP contribution in [0.2, 0.25) is 0 Å². The van der Waals surface area contributed by atoms with Crippen LogP contribution in [0.1, 0.15) is 10.4 Å². The number of para-hydroxylation sites is 1. The van der Waals surface area contributed by atoms with Gasteiger partial charge in [0.05, 0.1) is 4.90 Å². The van der Waals surface area contributed by atoms with Crippen molar-refractivity contribution in [1.29, 1.82) is 0 Å². The average Bonchev–Trinajstić information content (AvgIpc) is 2.52. The first-order chi connectivity index (χ1) is 10.5. The van der Waals surface area contributed by atoms with Gasteiger partial charge in [0.25, 0.3) is 5.91 Å².